The fourth-order valence-corrected chi connectivity index (χ4v) is 2.06. The molecule has 0 aliphatic heterocycles. The van der Waals surface area contributed by atoms with Gasteiger partial charge in [0.1, 0.15) is 29.1 Å². The van der Waals surface area contributed by atoms with E-state index in [4.69, 9.17) is 40.8 Å². The van der Waals surface area contributed by atoms with Gasteiger partial charge in [0, 0.05) is 33.5 Å². The highest BCUT2D eigenvalue weighted by molar-refractivity contribution is 6.17. The molecule has 0 unspecified atom stereocenters. The van der Waals surface area contributed by atoms with Gasteiger partial charge in [0.15, 0.2) is 13.6 Å². The quantitative estimate of drug-likeness (QED) is 0.295. The Labute approximate surface area is 202 Å². The van der Waals surface area contributed by atoms with E-state index < -0.39 is 11.9 Å². The van der Waals surface area contributed by atoms with Gasteiger partial charge in [-0.25, -0.2) is 9.59 Å². The summed E-state index contributed by atoms with van der Waals surface area (Å²) in [6.07, 6.45) is 0. The molecule has 0 aromatic heterocycles. The van der Waals surface area contributed by atoms with Gasteiger partial charge in [0.2, 0.25) is 0 Å². The predicted molar refractivity (Wildman–Crippen MR) is 122 cm³/mol. The van der Waals surface area contributed by atoms with E-state index in [2.05, 4.69) is 14.2 Å². The molecule has 12 heteroatoms. The number of aromatic hydroxyl groups is 2. The summed E-state index contributed by atoms with van der Waals surface area (Å²) in [5.41, 5.74) is 0.451. The molecule has 0 radical (unpaired) electrons. The smallest absolute Gasteiger partial charge is 0.338 e. The Morgan fingerprint density at radius 1 is 0.676 bits per heavy atom. The number of phenolic OH excluding ortho intramolecular Hbond substituents is 2. The van der Waals surface area contributed by atoms with Crippen LogP contribution in [0.5, 0.6) is 23.0 Å². The number of alkyl halides is 1. The van der Waals surface area contributed by atoms with Crippen molar-refractivity contribution in [1.82, 2.24) is 0 Å². The van der Waals surface area contributed by atoms with Gasteiger partial charge in [-0.2, -0.15) is 0 Å². The molecule has 0 saturated carbocycles. The lowest BCUT2D eigenvalue weighted by Gasteiger charge is -2.10. The molecule has 0 bridgehead atoms. The van der Waals surface area contributed by atoms with Crippen molar-refractivity contribution in [3.8, 4) is 23.0 Å². The summed E-state index contributed by atoms with van der Waals surface area (Å²) in [5.74, 6) is -0.510. The van der Waals surface area contributed by atoms with Gasteiger partial charge in [-0.05, 0) is 24.3 Å². The Morgan fingerprint density at radius 2 is 1.06 bits per heavy atom. The first-order chi connectivity index (χ1) is 16.3. The molecule has 2 aromatic carbocycles. The number of hydrogen-bond donors (Lipinski definition) is 2. The van der Waals surface area contributed by atoms with Crippen LogP contribution in [0.4, 0.5) is 0 Å². The first kappa shape index (κ1) is 30.8. The molecule has 0 aliphatic rings. The Hall–Kier alpha value is -3.25. The van der Waals surface area contributed by atoms with Crippen LogP contribution in [0.15, 0.2) is 36.4 Å². The zero-order chi connectivity index (χ0) is 25.9. The minimum absolute atomic E-state index is 0.0777. The van der Waals surface area contributed by atoms with E-state index in [0.717, 1.165) is 6.07 Å². The number of halogens is 1. The van der Waals surface area contributed by atoms with E-state index in [1.165, 1.54) is 40.6 Å². The minimum atomic E-state index is -0.596. The summed E-state index contributed by atoms with van der Waals surface area (Å²) in [4.78, 5) is 22.3. The lowest BCUT2D eigenvalue weighted by atomic mass is 10.2. The van der Waals surface area contributed by atoms with Crippen molar-refractivity contribution in [1.29, 1.82) is 0 Å². The Kier molecular flexibility index (Phi) is 16.5. The minimum Gasteiger partial charge on any atom is -0.508 e. The molecule has 2 N–H and O–H groups in total. The first-order valence-corrected chi connectivity index (χ1v) is 9.92. The summed E-state index contributed by atoms with van der Waals surface area (Å²) in [5, 5.41) is 17.9. The lowest BCUT2D eigenvalue weighted by Crippen LogP contribution is -2.06. The molecular weight excluding hydrogens is 476 g/mol. The van der Waals surface area contributed by atoms with E-state index in [1.807, 2.05) is 0 Å². The van der Waals surface area contributed by atoms with Crippen LogP contribution in [0.25, 0.3) is 0 Å². The molecule has 0 amide bonds. The van der Waals surface area contributed by atoms with Gasteiger partial charge >= 0.3 is 11.9 Å². The topological polar surface area (TPSA) is 139 Å². The number of methoxy groups -OCH3 is 5. The molecule has 11 nitrogen and oxygen atoms in total. The van der Waals surface area contributed by atoms with Gasteiger partial charge in [-0.1, -0.05) is 11.6 Å². The maximum absolute atomic E-state index is 11.5. The molecular formula is C22H29ClO11. The van der Waals surface area contributed by atoms with Crippen molar-refractivity contribution in [3.63, 3.8) is 0 Å². The van der Waals surface area contributed by atoms with E-state index in [0.29, 0.717) is 23.1 Å². The highest BCUT2D eigenvalue weighted by Gasteiger charge is 2.10. The molecule has 0 spiro atoms. The highest BCUT2D eigenvalue weighted by atomic mass is 35.5. The first-order valence-electron chi connectivity index (χ1n) is 9.39. The molecule has 2 rings (SSSR count). The second-order valence-corrected chi connectivity index (χ2v) is 6.13. The van der Waals surface area contributed by atoms with Crippen molar-refractivity contribution in [2.24, 2.45) is 0 Å². The average Bonchev–Trinajstić information content (AvgIpc) is 2.84. The molecule has 190 valence electrons. The number of ether oxygens (including phenoxy) is 7. The number of benzene rings is 2. The van der Waals surface area contributed by atoms with Crippen molar-refractivity contribution >= 4 is 23.5 Å². The van der Waals surface area contributed by atoms with E-state index in [9.17, 15) is 9.59 Å². The fourth-order valence-electron chi connectivity index (χ4n) is 2.06. The Morgan fingerprint density at radius 3 is 1.38 bits per heavy atom. The Bertz CT molecular complexity index is 825. The summed E-state index contributed by atoms with van der Waals surface area (Å²) in [7, 11) is 7.09. The van der Waals surface area contributed by atoms with Gasteiger partial charge < -0.3 is 43.4 Å². The third-order valence-electron chi connectivity index (χ3n) is 3.42. The molecule has 0 saturated heterocycles. The maximum atomic E-state index is 11.5. The van der Waals surface area contributed by atoms with E-state index >= 15 is 0 Å². The average molecular weight is 505 g/mol. The molecule has 2 aromatic rings. The largest absolute Gasteiger partial charge is 0.508 e. The number of rotatable bonds is 9. The number of phenols is 2. The van der Waals surface area contributed by atoms with Crippen LogP contribution in [0.1, 0.15) is 20.7 Å². The monoisotopic (exact) mass is 504 g/mol. The van der Waals surface area contributed by atoms with E-state index in [-0.39, 0.29) is 30.6 Å². The van der Waals surface area contributed by atoms with Crippen molar-refractivity contribution in [3.05, 3.63) is 47.5 Å². The summed E-state index contributed by atoms with van der Waals surface area (Å²) >= 11 is 4.96. The lowest BCUT2D eigenvalue weighted by molar-refractivity contribution is 0.0451. The SMILES string of the molecule is COC(=O)c1cc(O)cc(O)c1.COCCl.COCOc1cc(OCOC)cc(C(=O)OC)c1. The van der Waals surface area contributed by atoms with Gasteiger partial charge in [0.05, 0.1) is 25.3 Å². The molecule has 0 atom stereocenters. The summed E-state index contributed by atoms with van der Waals surface area (Å²) in [6.45, 7) is 0.155. The second-order valence-electron chi connectivity index (χ2n) is 5.91. The summed E-state index contributed by atoms with van der Waals surface area (Å²) in [6, 6.07) is 8.57. The van der Waals surface area contributed by atoms with Gasteiger partial charge in [0.25, 0.3) is 0 Å². The van der Waals surface area contributed by atoms with Crippen molar-refractivity contribution in [2.75, 3.05) is 55.2 Å². The normalized spacial score (nSPS) is 9.47. The van der Waals surface area contributed by atoms with Crippen LogP contribution >= 0.6 is 11.6 Å². The van der Waals surface area contributed by atoms with Gasteiger partial charge in [-0.15, -0.1) is 0 Å². The third-order valence-corrected chi connectivity index (χ3v) is 3.64. The zero-order valence-electron chi connectivity index (χ0n) is 19.5. The van der Waals surface area contributed by atoms with Crippen LogP contribution in [-0.2, 0) is 23.7 Å². The predicted octanol–water partition coefficient (Wildman–Crippen LogP) is 3.15. The van der Waals surface area contributed by atoms with E-state index in [1.54, 1.807) is 25.3 Å². The second kappa shape index (κ2) is 18.2. The number of carbonyl (C=O) groups is 2. The number of hydrogen-bond acceptors (Lipinski definition) is 11. The third kappa shape index (κ3) is 12.7. The van der Waals surface area contributed by atoms with Crippen LogP contribution in [0.2, 0.25) is 0 Å². The fraction of sp³-hybridized carbons (Fsp3) is 0.364. The highest BCUT2D eigenvalue weighted by Crippen LogP contribution is 2.24. The maximum Gasteiger partial charge on any atom is 0.338 e. The van der Waals surface area contributed by atoms with Crippen LogP contribution in [0.3, 0.4) is 0 Å². The number of esters is 2. The molecule has 34 heavy (non-hydrogen) atoms. The molecule has 0 fully saturated rings. The standard InChI is InChI=1S/C12H16O6.C8H8O4.C2H5ClO/c1-14-7-17-10-4-9(12(13)16-3)5-11(6-10)18-8-15-2;1-12-8(11)5-2-6(9)4-7(10)3-5;1-4-2-3/h4-6H,7-8H2,1-3H3;2-4,9-10H,1H3;2H2,1H3. The number of carbonyl (C=O) groups excluding carboxylic acids is 2. The van der Waals surface area contributed by atoms with Crippen LogP contribution < -0.4 is 9.47 Å². The zero-order valence-corrected chi connectivity index (χ0v) is 20.3. The molecule has 0 heterocycles. The van der Waals surface area contributed by atoms with Crippen molar-refractivity contribution < 1.29 is 53.0 Å². The molecule has 0 aliphatic carbocycles. The van der Waals surface area contributed by atoms with Gasteiger partial charge in [-0.3, -0.25) is 0 Å². The van der Waals surface area contributed by atoms with Crippen LogP contribution in [-0.4, -0.2) is 77.4 Å². The van der Waals surface area contributed by atoms with Crippen LogP contribution in [0, 0.1) is 0 Å². The summed E-state index contributed by atoms with van der Waals surface area (Å²) < 4.78 is 33.4. The Balaban J connectivity index is 0.000000584. The van der Waals surface area contributed by atoms with Crippen molar-refractivity contribution in [2.45, 2.75) is 0 Å².